The Morgan fingerprint density at radius 3 is 2.20 bits per heavy atom. The van der Waals surface area contributed by atoms with Crippen LogP contribution in [0.15, 0.2) is 48.7 Å². The second-order valence-corrected chi connectivity index (χ2v) is 6.80. The number of hydrogen-bond acceptors (Lipinski definition) is 2. The summed E-state index contributed by atoms with van der Waals surface area (Å²) in [5.41, 5.74) is 9.20. The van der Waals surface area contributed by atoms with Gasteiger partial charge in [-0.25, -0.2) is 4.98 Å². The Morgan fingerprint density at radius 1 is 0.880 bits per heavy atom. The molecule has 2 heteroatoms. The molecule has 2 nitrogen and oxygen atoms in total. The molecule has 25 heavy (non-hydrogen) atoms. The van der Waals surface area contributed by atoms with E-state index in [0.29, 0.717) is 0 Å². The van der Waals surface area contributed by atoms with E-state index in [-0.39, 0.29) is 0 Å². The van der Waals surface area contributed by atoms with Gasteiger partial charge in [0.2, 0.25) is 0 Å². The van der Waals surface area contributed by atoms with Gasteiger partial charge in [0.15, 0.2) is 0 Å². The van der Waals surface area contributed by atoms with Gasteiger partial charge in [0.05, 0.1) is 17.1 Å². The minimum Gasteiger partial charge on any atom is -0.252 e. The molecule has 0 aliphatic heterocycles. The third-order valence-electron chi connectivity index (χ3n) is 4.57. The summed E-state index contributed by atoms with van der Waals surface area (Å²) in [7, 11) is 0. The van der Waals surface area contributed by atoms with E-state index >= 15 is 0 Å². The van der Waals surface area contributed by atoms with Crippen molar-refractivity contribution in [3.8, 4) is 22.5 Å². The highest BCUT2D eigenvalue weighted by Crippen LogP contribution is 2.34. The van der Waals surface area contributed by atoms with Crippen LogP contribution in [0.5, 0.6) is 0 Å². The molecule has 0 saturated heterocycles. The average Bonchev–Trinajstić information content (AvgIpc) is 2.60. The Kier molecular flexibility index (Phi) is 5.28. The molecule has 0 unspecified atom stereocenters. The molecular weight excluding hydrogens is 304 g/mol. The van der Waals surface area contributed by atoms with Gasteiger partial charge >= 0.3 is 0 Å². The van der Waals surface area contributed by atoms with Crippen LogP contribution in [0.3, 0.4) is 0 Å². The monoisotopic (exact) mass is 330 g/mol. The first-order valence-electron chi connectivity index (χ1n) is 9.09. The van der Waals surface area contributed by atoms with Gasteiger partial charge in [-0.3, -0.25) is 4.98 Å². The molecular formula is C23H26N2. The number of benzene rings is 2. The minimum absolute atomic E-state index is 0.968. The van der Waals surface area contributed by atoms with Crippen LogP contribution < -0.4 is 0 Å². The third-order valence-corrected chi connectivity index (χ3v) is 4.57. The van der Waals surface area contributed by atoms with Crippen molar-refractivity contribution >= 4 is 0 Å². The zero-order valence-corrected chi connectivity index (χ0v) is 15.6. The van der Waals surface area contributed by atoms with Crippen LogP contribution in [0.1, 0.15) is 42.1 Å². The Balaban J connectivity index is 2.21. The maximum Gasteiger partial charge on any atom is 0.0973 e. The second kappa shape index (κ2) is 7.60. The molecule has 0 amide bonds. The molecule has 0 atom stereocenters. The van der Waals surface area contributed by atoms with E-state index < -0.39 is 0 Å². The van der Waals surface area contributed by atoms with E-state index in [1.807, 2.05) is 12.3 Å². The van der Waals surface area contributed by atoms with Crippen molar-refractivity contribution in [2.24, 2.45) is 0 Å². The normalized spacial score (nSPS) is 10.9. The van der Waals surface area contributed by atoms with E-state index in [2.05, 4.69) is 64.1 Å². The summed E-state index contributed by atoms with van der Waals surface area (Å²) < 4.78 is 0. The minimum atomic E-state index is 0.968. The topological polar surface area (TPSA) is 25.8 Å². The summed E-state index contributed by atoms with van der Waals surface area (Å²) in [5.74, 6) is 0. The van der Waals surface area contributed by atoms with E-state index in [1.54, 1.807) is 0 Å². The first kappa shape index (κ1) is 17.3. The highest BCUT2D eigenvalue weighted by atomic mass is 14.8. The Bertz CT molecular complexity index is 844. The fourth-order valence-corrected chi connectivity index (χ4v) is 3.44. The highest BCUT2D eigenvalue weighted by Gasteiger charge is 2.16. The van der Waals surface area contributed by atoms with Crippen molar-refractivity contribution in [1.82, 2.24) is 9.97 Å². The summed E-state index contributed by atoms with van der Waals surface area (Å²) >= 11 is 0. The van der Waals surface area contributed by atoms with Crippen molar-refractivity contribution in [3.63, 3.8) is 0 Å². The van der Waals surface area contributed by atoms with Gasteiger partial charge in [0.25, 0.3) is 0 Å². The van der Waals surface area contributed by atoms with E-state index in [1.165, 1.54) is 28.7 Å². The standard InChI is InChI=1S/C23H26N2/c1-5-6-12-20-15-24-22(19-10-8-7-9-11-19)23(25-20)21-17(3)13-16(2)14-18(21)4/h7-11,13-15H,5-6,12H2,1-4H3. The van der Waals surface area contributed by atoms with Gasteiger partial charge in [-0.05, 0) is 44.7 Å². The van der Waals surface area contributed by atoms with Gasteiger partial charge in [0, 0.05) is 17.3 Å². The fourth-order valence-electron chi connectivity index (χ4n) is 3.44. The molecule has 0 radical (unpaired) electrons. The molecule has 0 fully saturated rings. The van der Waals surface area contributed by atoms with Crippen LogP contribution in [0.2, 0.25) is 0 Å². The van der Waals surface area contributed by atoms with Crippen LogP contribution in [-0.2, 0) is 6.42 Å². The largest absolute Gasteiger partial charge is 0.252 e. The van der Waals surface area contributed by atoms with Crippen molar-refractivity contribution in [2.45, 2.75) is 47.0 Å². The molecule has 128 valence electrons. The SMILES string of the molecule is CCCCc1cnc(-c2ccccc2)c(-c2c(C)cc(C)cc2C)n1. The maximum absolute atomic E-state index is 5.05. The smallest absolute Gasteiger partial charge is 0.0973 e. The number of aryl methyl sites for hydroxylation is 4. The van der Waals surface area contributed by atoms with Crippen LogP contribution in [-0.4, -0.2) is 9.97 Å². The number of nitrogens with zero attached hydrogens (tertiary/aromatic N) is 2. The molecule has 2 aromatic carbocycles. The van der Waals surface area contributed by atoms with Crippen molar-refractivity contribution < 1.29 is 0 Å². The van der Waals surface area contributed by atoms with Gasteiger partial charge in [-0.15, -0.1) is 0 Å². The second-order valence-electron chi connectivity index (χ2n) is 6.80. The van der Waals surface area contributed by atoms with E-state index in [4.69, 9.17) is 9.97 Å². The molecule has 0 aliphatic carbocycles. The maximum atomic E-state index is 5.05. The lowest BCUT2D eigenvalue weighted by molar-refractivity contribution is 0.773. The predicted molar refractivity (Wildman–Crippen MR) is 106 cm³/mol. The van der Waals surface area contributed by atoms with Crippen LogP contribution in [0.25, 0.3) is 22.5 Å². The zero-order valence-electron chi connectivity index (χ0n) is 15.6. The number of rotatable bonds is 5. The van der Waals surface area contributed by atoms with Crippen molar-refractivity contribution in [1.29, 1.82) is 0 Å². The molecule has 1 heterocycles. The Morgan fingerprint density at radius 2 is 1.56 bits per heavy atom. The molecule has 0 N–H and O–H groups in total. The van der Waals surface area contributed by atoms with Crippen LogP contribution in [0.4, 0.5) is 0 Å². The molecule has 0 spiro atoms. The van der Waals surface area contributed by atoms with Gasteiger partial charge in [0.1, 0.15) is 0 Å². The summed E-state index contributed by atoms with van der Waals surface area (Å²) in [6.07, 6.45) is 5.24. The van der Waals surface area contributed by atoms with Gasteiger partial charge in [-0.1, -0.05) is 61.4 Å². The summed E-state index contributed by atoms with van der Waals surface area (Å²) in [6.45, 7) is 8.70. The first-order valence-corrected chi connectivity index (χ1v) is 9.09. The van der Waals surface area contributed by atoms with Crippen molar-refractivity contribution in [2.75, 3.05) is 0 Å². The summed E-state index contributed by atoms with van der Waals surface area (Å²) in [4.78, 5) is 9.87. The van der Waals surface area contributed by atoms with Crippen molar-refractivity contribution in [3.05, 3.63) is 71.0 Å². The van der Waals surface area contributed by atoms with Gasteiger partial charge < -0.3 is 0 Å². The summed E-state index contributed by atoms with van der Waals surface area (Å²) in [5, 5.41) is 0. The van der Waals surface area contributed by atoms with E-state index in [0.717, 1.165) is 35.5 Å². The van der Waals surface area contributed by atoms with Gasteiger partial charge in [-0.2, -0.15) is 0 Å². The summed E-state index contributed by atoms with van der Waals surface area (Å²) in [6, 6.07) is 14.8. The molecule has 0 saturated carbocycles. The quantitative estimate of drug-likeness (QED) is 0.566. The Hall–Kier alpha value is -2.48. The van der Waals surface area contributed by atoms with E-state index in [9.17, 15) is 0 Å². The molecule has 0 bridgehead atoms. The number of unbranched alkanes of at least 4 members (excludes halogenated alkanes) is 1. The third kappa shape index (κ3) is 3.79. The molecule has 0 aliphatic rings. The molecule has 1 aromatic heterocycles. The number of hydrogen-bond donors (Lipinski definition) is 0. The van der Waals surface area contributed by atoms with Crippen LogP contribution in [0, 0.1) is 20.8 Å². The highest BCUT2D eigenvalue weighted by molar-refractivity contribution is 5.81. The zero-order chi connectivity index (χ0) is 17.8. The van der Waals surface area contributed by atoms with Crippen LogP contribution >= 0.6 is 0 Å². The fraction of sp³-hybridized carbons (Fsp3) is 0.304. The Labute approximate surface area is 151 Å². The predicted octanol–water partition coefficient (Wildman–Crippen LogP) is 6.08. The lowest BCUT2D eigenvalue weighted by Crippen LogP contribution is -2.01. The lowest BCUT2D eigenvalue weighted by Gasteiger charge is -2.15. The average molecular weight is 330 g/mol. The molecule has 3 rings (SSSR count). The number of aromatic nitrogens is 2. The molecule has 3 aromatic rings. The lowest BCUT2D eigenvalue weighted by atomic mass is 9.94. The first-order chi connectivity index (χ1) is 12.1.